The van der Waals surface area contributed by atoms with Crippen molar-refractivity contribution in [1.29, 1.82) is 0 Å². The number of furan rings is 1. The van der Waals surface area contributed by atoms with E-state index < -0.39 is 5.97 Å². The lowest BCUT2D eigenvalue weighted by Crippen LogP contribution is -2.15. The second kappa shape index (κ2) is 5.87. The third-order valence-electron chi connectivity index (χ3n) is 3.30. The van der Waals surface area contributed by atoms with Gasteiger partial charge in [0.25, 0.3) is 0 Å². The van der Waals surface area contributed by atoms with Gasteiger partial charge < -0.3 is 14.8 Å². The lowest BCUT2D eigenvalue weighted by atomic mass is 10.1. The van der Waals surface area contributed by atoms with Gasteiger partial charge in [-0.2, -0.15) is 0 Å². The largest absolute Gasteiger partial charge is 0.475 e. The topological polar surface area (TPSA) is 62.5 Å². The maximum Gasteiger partial charge on any atom is 0.371 e. The summed E-state index contributed by atoms with van der Waals surface area (Å²) in [7, 11) is 0. The minimum absolute atomic E-state index is 0.0165. The van der Waals surface area contributed by atoms with Gasteiger partial charge in [0.15, 0.2) is 0 Å². The van der Waals surface area contributed by atoms with Gasteiger partial charge >= 0.3 is 5.97 Å². The van der Waals surface area contributed by atoms with Gasteiger partial charge in [-0.05, 0) is 45.2 Å². The van der Waals surface area contributed by atoms with Crippen LogP contribution in [0.1, 0.15) is 47.6 Å². The molecule has 1 aliphatic carbocycles. The molecule has 0 saturated carbocycles. The molecule has 2 rings (SSSR count). The van der Waals surface area contributed by atoms with E-state index in [9.17, 15) is 4.79 Å². The van der Waals surface area contributed by atoms with Crippen LogP contribution < -0.4 is 5.32 Å². The molecule has 98 valence electrons. The minimum atomic E-state index is -1.01. The SMILES string of the molecule is Cc1oc(C(=O)O)cc1CNCCC1=CCCC1. The Morgan fingerprint density at radius 3 is 3.00 bits per heavy atom. The van der Waals surface area contributed by atoms with Crippen LogP contribution in [0.2, 0.25) is 0 Å². The normalized spacial score (nSPS) is 14.8. The Labute approximate surface area is 107 Å². The molecule has 4 heteroatoms. The summed E-state index contributed by atoms with van der Waals surface area (Å²) in [6, 6.07) is 1.60. The molecule has 2 N–H and O–H groups in total. The molecule has 4 nitrogen and oxygen atoms in total. The third kappa shape index (κ3) is 3.23. The van der Waals surface area contributed by atoms with Crippen molar-refractivity contribution in [2.45, 2.75) is 39.2 Å². The zero-order valence-corrected chi connectivity index (χ0v) is 10.7. The first-order chi connectivity index (χ1) is 8.66. The van der Waals surface area contributed by atoms with Crippen molar-refractivity contribution in [2.24, 2.45) is 0 Å². The van der Waals surface area contributed by atoms with Crippen LogP contribution >= 0.6 is 0 Å². The number of carboxylic acid groups (broad SMARTS) is 1. The van der Waals surface area contributed by atoms with E-state index in [2.05, 4.69) is 11.4 Å². The van der Waals surface area contributed by atoms with Crippen molar-refractivity contribution >= 4 is 5.97 Å². The van der Waals surface area contributed by atoms with Gasteiger partial charge in [0.2, 0.25) is 5.76 Å². The molecule has 1 aromatic rings. The quantitative estimate of drug-likeness (QED) is 0.601. The first-order valence-corrected chi connectivity index (χ1v) is 6.38. The maximum absolute atomic E-state index is 10.7. The number of aromatic carboxylic acids is 1. The maximum atomic E-state index is 10.7. The van der Waals surface area contributed by atoms with E-state index in [1.807, 2.05) is 0 Å². The monoisotopic (exact) mass is 249 g/mol. The average molecular weight is 249 g/mol. The van der Waals surface area contributed by atoms with Crippen LogP contribution in [0.15, 0.2) is 22.1 Å². The summed E-state index contributed by atoms with van der Waals surface area (Å²) < 4.78 is 5.16. The van der Waals surface area contributed by atoms with Gasteiger partial charge in [0.05, 0.1) is 0 Å². The van der Waals surface area contributed by atoms with Crippen LogP contribution in [-0.4, -0.2) is 17.6 Å². The number of aryl methyl sites for hydroxylation is 1. The molecule has 0 aromatic carbocycles. The second-order valence-corrected chi connectivity index (χ2v) is 4.68. The lowest BCUT2D eigenvalue weighted by molar-refractivity contribution is 0.0661. The Bertz CT molecular complexity index is 460. The molecule has 0 radical (unpaired) electrons. The molecular weight excluding hydrogens is 230 g/mol. The fourth-order valence-electron chi connectivity index (χ4n) is 2.24. The van der Waals surface area contributed by atoms with E-state index in [1.54, 1.807) is 13.0 Å². The van der Waals surface area contributed by atoms with Crippen LogP contribution in [-0.2, 0) is 6.54 Å². The van der Waals surface area contributed by atoms with Crippen LogP contribution in [0.25, 0.3) is 0 Å². The highest BCUT2D eigenvalue weighted by Gasteiger charge is 2.12. The first-order valence-electron chi connectivity index (χ1n) is 6.38. The Balaban J connectivity index is 1.77. The second-order valence-electron chi connectivity index (χ2n) is 4.68. The van der Waals surface area contributed by atoms with Gasteiger partial charge in [0, 0.05) is 12.1 Å². The van der Waals surface area contributed by atoms with E-state index in [1.165, 1.54) is 24.8 Å². The minimum Gasteiger partial charge on any atom is -0.475 e. The molecular formula is C14H19NO3. The van der Waals surface area contributed by atoms with Crippen molar-refractivity contribution in [1.82, 2.24) is 5.32 Å². The van der Waals surface area contributed by atoms with Crippen LogP contribution in [0.4, 0.5) is 0 Å². The average Bonchev–Trinajstić information content (AvgIpc) is 2.94. The highest BCUT2D eigenvalue weighted by molar-refractivity contribution is 5.84. The summed E-state index contributed by atoms with van der Waals surface area (Å²) >= 11 is 0. The highest BCUT2D eigenvalue weighted by atomic mass is 16.4. The molecule has 0 amide bonds. The van der Waals surface area contributed by atoms with Crippen LogP contribution in [0, 0.1) is 6.92 Å². The Kier molecular flexibility index (Phi) is 4.20. The molecule has 1 aliphatic rings. The summed E-state index contributed by atoms with van der Waals surface area (Å²) in [5.74, 6) is -0.316. The standard InChI is InChI=1S/C14H19NO3/c1-10-12(8-13(18-10)14(16)17)9-15-7-6-11-4-2-3-5-11/h4,8,15H,2-3,5-7,9H2,1H3,(H,16,17). The van der Waals surface area contributed by atoms with E-state index in [0.29, 0.717) is 12.3 Å². The van der Waals surface area contributed by atoms with E-state index in [0.717, 1.165) is 18.5 Å². The van der Waals surface area contributed by atoms with Crippen LogP contribution in [0.5, 0.6) is 0 Å². The van der Waals surface area contributed by atoms with E-state index >= 15 is 0 Å². The zero-order valence-electron chi connectivity index (χ0n) is 10.7. The van der Waals surface area contributed by atoms with Crippen molar-refractivity contribution in [2.75, 3.05) is 6.54 Å². The van der Waals surface area contributed by atoms with Gasteiger partial charge in [-0.1, -0.05) is 11.6 Å². The van der Waals surface area contributed by atoms with Crippen molar-refractivity contribution in [3.8, 4) is 0 Å². The summed E-state index contributed by atoms with van der Waals surface area (Å²) in [6.45, 7) is 3.39. The summed E-state index contributed by atoms with van der Waals surface area (Å²) in [5, 5.41) is 12.1. The van der Waals surface area contributed by atoms with Gasteiger partial charge in [0.1, 0.15) is 5.76 Å². The fraction of sp³-hybridized carbons (Fsp3) is 0.500. The molecule has 0 saturated heterocycles. The number of nitrogens with one attached hydrogen (secondary N) is 1. The smallest absolute Gasteiger partial charge is 0.371 e. The summed E-state index contributed by atoms with van der Waals surface area (Å²) in [6.07, 6.45) is 7.15. The third-order valence-corrected chi connectivity index (χ3v) is 3.30. The highest BCUT2D eigenvalue weighted by Crippen LogP contribution is 2.20. The lowest BCUT2D eigenvalue weighted by Gasteiger charge is -2.04. The van der Waals surface area contributed by atoms with Crippen molar-refractivity contribution in [3.63, 3.8) is 0 Å². The Morgan fingerprint density at radius 2 is 2.39 bits per heavy atom. The van der Waals surface area contributed by atoms with Crippen LogP contribution in [0.3, 0.4) is 0 Å². The number of allylic oxidation sites excluding steroid dienone is 1. The molecule has 1 aromatic heterocycles. The van der Waals surface area contributed by atoms with Gasteiger partial charge in [-0.3, -0.25) is 0 Å². The number of rotatable bonds is 6. The Morgan fingerprint density at radius 1 is 1.56 bits per heavy atom. The molecule has 18 heavy (non-hydrogen) atoms. The molecule has 1 heterocycles. The predicted octanol–water partition coefficient (Wildman–Crippen LogP) is 2.88. The molecule has 0 unspecified atom stereocenters. The summed E-state index contributed by atoms with van der Waals surface area (Å²) in [4.78, 5) is 10.7. The number of carbonyl (C=O) groups is 1. The number of carboxylic acids is 1. The Hall–Kier alpha value is -1.55. The number of hydrogen-bond acceptors (Lipinski definition) is 3. The molecule has 0 bridgehead atoms. The predicted molar refractivity (Wildman–Crippen MR) is 68.7 cm³/mol. The van der Waals surface area contributed by atoms with Crippen molar-refractivity contribution in [3.05, 3.63) is 34.8 Å². The zero-order chi connectivity index (χ0) is 13.0. The van der Waals surface area contributed by atoms with E-state index in [-0.39, 0.29) is 5.76 Å². The number of hydrogen-bond donors (Lipinski definition) is 2. The van der Waals surface area contributed by atoms with Gasteiger partial charge in [-0.25, -0.2) is 4.79 Å². The molecule has 0 aliphatic heterocycles. The van der Waals surface area contributed by atoms with Crippen molar-refractivity contribution < 1.29 is 14.3 Å². The molecule has 0 atom stereocenters. The molecule has 0 fully saturated rings. The molecule has 0 spiro atoms. The first kappa shape index (κ1) is 12.9. The van der Waals surface area contributed by atoms with E-state index in [4.69, 9.17) is 9.52 Å². The van der Waals surface area contributed by atoms with Gasteiger partial charge in [-0.15, -0.1) is 0 Å². The summed E-state index contributed by atoms with van der Waals surface area (Å²) in [5.41, 5.74) is 2.46. The fourth-order valence-corrected chi connectivity index (χ4v) is 2.24.